The summed E-state index contributed by atoms with van der Waals surface area (Å²) in [6, 6.07) is 4.52. The number of nitrogens with zero attached hydrogens (tertiary/aromatic N) is 4. The van der Waals surface area contributed by atoms with Crippen molar-refractivity contribution in [3.63, 3.8) is 0 Å². The van der Waals surface area contributed by atoms with Gasteiger partial charge in [-0.2, -0.15) is 0 Å². The van der Waals surface area contributed by atoms with Gasteiger partial charge in [-0.15, -0.1) is 10.2 Å². The van der Waals surface area contributed by atoms with Crippen LogP contribution in [-0.2, 0) is 18.8 Å². The SMILES string of the molecule is CCn1c(CN)nnc1SCc1cc(Cl)ccc1[N+](=O)[O-]. The molecule has 21 heavy (non-hydrogen) atoms. The number of rotatable bonds is 6. The molecule has 2 aromatic rings. The Kier molecular flexibility index (Phi) is 5.16. The first kappa shape index (κ1) is 15.7. The minimum Gasteiger partial charge on any atom is -0.324 e. The van der Waals surface area contributed by atoms with Gasteiger partial charge in [0.25, 0.3) is 5.69 Å². The van der Waals surface area contributed by atoms with Gasteiger partial charge in [0.15, 0.2) is 5.16 Å². The molecule has 9 heteroatoms. The highest BCUT2D eigenvalue weighted by Crippen LogP contribution is 2.29. The van der Waals surface area contributed by atoms with Crippen molar-refractivity contribution in [2.45, 2.75) is 30.9 Å². The van der Waals surface area contributed by atoms with Gasteiger partial charge in [-0.05, 0) is 19.1 Å². The van der Waals surface area contributed by atoms with Crippen LogP contribution in [0.4, 0.5) is 5.69 Å². The Labute approximate surface area is 130 Å². The second kappa shape index (κ2) is 6.88. The summed E-state index contributed by atoms with van der Waals surface area (Å²) in [4.78, 5) is 10.6. The van der Waals surface area contributed by atoms with Crippen LogP contribution in [0, 0.1) is 10.1 Å². The smallest absolute Gasteiger partial charge is 0.273 e. The third-order valence-electron chi connectivity index (χ3n) is 2.89. The highest BCUT2D eigenvalue weighted by molar-refractivity contribution is 7.98. The van der Waals surface area contributed by atoms with Gasteiger partial charge in [-0.3, -0.25) is 10.1 Å². The van der Waals surface area contributed by atoms with Crippen molar-refractivity contribution < 1.29 is 4.92 Å². The van der Waals surface area contributed by atoms with Gasteiger partial charge in [0, 0.05) is 29.0 Å². The number of nitro groups is 1. The van der Waals surface area contributed by atoms with Crippen LogP contribution < -0.4 is 5.73 Å². The summed E-state index contributed by atoms with van der Waals surface area (Å²) >= 11 is 7.28. The van der Waals surface area contributed by atoms with Crippen LogP contribution in [0.25, 0.3) is 0 Å². The molecule has 0 unspecified atom stereocenters. The maximum absolute atomic E-state index is 11.0. The fraction of sp³-hybridized carbons (Fsp3) is 0.333. The Hall–Kier alpha value is -1.64. The van der Waals surface area contributed by atoms with Crippen molar-refractivity contribution in [3.8, 4) is 0 Å². The number of nitrogens with two attached hydrogens (primary N) is 1. The molecule has 2 rings (SSSR count). The summed E-state index contributed by atoms with van der Waals surface area (Å²) < 4.78 is 1.89. The summed E-state index contributed by atoms with van der Waals surface area (Å²) in [7, 11) is 0. The number of benzene rings is 1. The summed E-state index contributed by atoms with van der Waals surface area (Å²) in [5.41, 5.74) is 6.19. The quantitative estimate of drug-likeness (QED) is 0.497. The van der Waals surface area contributed by atoms with Gasteiger partial charge in [-0.25, -0.2) is 0 Å². The lowest BCUT2D eigenvalue weighted by Gasteiger charge is -2.06. The lowest BCUT2D eigenvalue weighted by Crippen LogP contribution is -2.08. The minimum absolute atomic E-state index is 0.0495. The normalized spacial score (nSPS) is 10.8. The van der Waals surface area contributed by atoms with Crippen LogP contribution in [0.5, 0.6) is 0 Å². The Morgan fingerprint density at radius 2 is 2.24 bits per heavy atom. The Balaban J connectivity index is 2.22. The molecule has 0 saturated carbocycles. The molecule has 0 saturated heterocycles. The van der Waals surface area contributed by atoms with Crippen molar-refractivity contribution in [3.05, 3.63) is 44.7 Å². The molecule has 1 aromatic heterocycles. The lowest BCUT2D eigenvalue weighted by atomic mass is 10.2. The number of nitro benzene ring substituents is 1. The zero-order chi connectivity index (χ0) is 15.4. The third kappa shape index (κ3) is 3.52. The molecule has 1 aromatic carbocycles. The van der Waals surface area contributed by atoms with E-state index >= 15 is 0 Å². The van der Waals surface area contributed by atoms with E-state index in [1.807, 2.05) is 11.5 Å². The van der Waals surface area contributed by atoms with Crippen molar-refractivity contribution in [1.29, 1.82) is 0 Å². The van der Waals surface area contributed by atoms with Gasteiger partial charge >= 0.3 is 0 Å². The van der Waals surface area contributed by atoms with Crippen LogP contribution in [0.3, 0.4) is 0 Å². The van der Waals surface area contributed by atoms with Crippen LogP contribution in [0.15, 0.2) is 23.4 Å². The average Bonchev–Trinajstić information content (AvgIpc) is 2.86. The average molecular weight is 328 g/mol. The summed E-state index contributed by atoms with van der Waals surface area (Å²) in [6.07, 6.45) is 0. The van der Waals surface area contributed by atoms with Crippen molar-refractivity contribution >= 4 is 29.1 Å². The first-order valence-electron chi connectivity index (χ1n) is 6.24. The minimum atomic E-state index is -0.415. The topological polar surface area (TPSA) is 99.9 Å². The molecule has 0 atom stereocenters. The molecule has 112 valence electrons. The van der Waals surface area contributed by atoms with Gasteiger partial charge < -0.3 is 10.3 Å². The van der Waals surface area contributed by atoms with E-state index in [2.05, 4.69) is 10.2 Å². The third-order valence-corrected chi connectivity index (χ3v) is 4.14. The van der Waals surface area contributed by atoms with E-state index in [4.69, 9.17) is 17.3 Å². The second-order valence-electron chi connectivity index (χ2n) is 4.17. The van der Waals surface area contributed by atoms with E-state index in [1.54, 1.807) is 6.07 Å². The van der Waals surface area contributed by atoms with Gasteiger partial charge in [0.2, 0.25) is 0 Å². The molecule has 0 radical (unpaired) electrons. The molecule has 0 aliphatic heterocycles. The summed E-state index contributed by atoms with van der Waals surface area (Å²) in [5.74, 6) is 1.08. The largest absolute Gasteiger partial charge is 0.324 e. The van der Waals surface area contributed by atoms with Crippen LogP contribution in [-0.4, -0.2) is 19.7 Å². The molecular weight excluding hydrogens is 314 g/mol. The number of halogens is 1. The molecule has 0 aliphatic carbocycles. The van der Waals surface area contributed by atoms with E-state index in [0.717, 1.165) is 0 Å². The van der Waals surface area contributed by atoms with Crippen molar-refractivity contribution in [2.24, 2.45) is 5.73 Å². The molecule has 2 N–H and O–H groups in total. The van der Waals surface area contributed by atoms with E-state index in [9.17, 15) is 10.1 Å². The van der Waals surface area contributed by atoms with E-state index < -0.39 is 4.92 Å². The number of thioether (sulfide) groups is 1. The maximum Gasteiger partial charge on any atom is 0.273 e. The standard InChI is InChI=1S/C12H14ClN5O2S/c1-2-17-11(6-14)15-16-12(17)21-7-8-5-9(13)3-4-10(8)18(19)20/h3-5H,2,6-7,14H2,1H3. The first-order chi connectivity index (χ1) is 10.1. The van der Waals surface area contributed by atoms with Crippen LogP contribution >= 0.6 is 23.4 Å². The summed E-state index contributed by atoms with van der Waals surface area (Å²) in [6.45, 7) is 2.96. The van der Waals surface area contributed by atoms with E-state index in [1.165, 1.54) is 23.9 Å². The highest BCUT2D eigenvalue weighted by atomic mass is 35.5. The molecule has 7 nitrogen and oxygen atoms in total. The van der Waals surface area contributed by atoms with E-state index in [0.29, 0.717) is 40.4 Å². The predicted molar refractivity (Wildman–Crippen MR) is 81.3 cm³/mol. The van der Waals surface area contributed by atoms with Gasteiger partial charge in [0.05, 0.1) is 11.5 Å². The molecule has 0 spiro atoms. The Bertz CT molecular complexity index is 661. The highest BCUT2D eigenvalue weighted by Gasteiger charge is 2.16. The van der Waals surface area contributed by atoms with Crippen molar-refractivity contribution in [1.82, 2.24) is 14.8 Å². The first-order valence-corrected chi connectivity index (χ1v) is 7.61. The molecule has 0 aliphatic rings. The van der Waals surface area contributed by atoms with Crippen LogP contribution in [0.2, 0.25) is 5.02 Å². The maximum atomic E-state index is 11.0. The summed E-state index contributed by atoms with van der Waals surface area (Å²) in [5, 5.41) is 20.2. The van der Waals surface area contributed by atoms with E-state index in [-0.39, 0.29) is 5.69 Å². The Morgan fingerprint density at radius 1 is 1.48 bits per heavy atom. The monoisotopic (exact) mass is 327 g/mol. The molecule has 0 fully saturated rings. The van der Waals surface area contributed by atoms with Gasteiger partial charge in [-0.1, -0.05) is 23.4 Å². The number of aromatic nitrogens is 3. The van der Waals surface area contributed by atoms with Gasteiger partial charge in [0.1, 0.15) is 5.82 Å². The predicted octanol–water partition coefficient (Wildman–Crippen LogP) is 2.61. The fourth-order valence-electron chi connectivity index (χ4n) is 1.88. The second-order valence-corrected chi connectivity index (χ2v) is 5.54. The number of hydrogen-bond acceptors (Lipinski definition) is 6. The molecule has 0 amide bonds. The molecule has 0 bridgehead atoms. The fourth-order valence-corrected chi connectivity index (χ4v) is 3.08. The molecule has 1 heterocycles. The Morgan fingerprint density at radius 3 is 2.86 bits per heavy atom. The number of hydrogen-bond donors (Lipinski definition) is 1. The lowest BCUT2D eigenvalue weighted by molar-refractivity contribution is -0.385. The zero-order valence-electron chi connectivity index (χ0n) is 11.3. The zero-order valence-corrected chi connectivity index (χ0v) is 12.9. The van der Waals surface area contributed by atoms with Crippen molar-refractivity contribution in [2.75, 3.05) is 0 Å². The molecular formula is C12H14ClN5O2S. The van der Waals surface area contributed by atoms with Crippen LogP contribution in [0.1, 0.15) is 18.3 Å².